The number of nitriles is 1. The van der Waals surface area contributed by atoms with E-state index in [1.54, 1.807) is 0 Å². The maximum absolute atomic E-state index is 12.8. The minimum atomic E-state index is -4.50. The number of hydrogen-bond donors (Lipinski definition) is 0. The van der Waals surface area contributed by atoms with E-state index >= 15 is 0 Å². The third-order valence-electron chi connectivity index (χ3n) is 2.55. The third-order valence-corrected chi connectivity index (χ3v) is 2.55. The molecule has 0 unspecified atom stereocenters. The predicted octanol–water partition coefficient (Wildman–Crippen LogP) is 2.93. The third kappa shape index (κ3) is 2.35. The smallest absolute Gasteiger partial charge is 0.420 e. The summed E-state index contributed by atoms with van der Waals surface area (Å²) in [4.78, 5) is 0. The molecule has 0 bridgehead atoms. The van der Waals surface area contributed by atoms with Gasteiger partial charge in [0.15, 0.2) is 11.5 Å². The first-order valence-electron chi connectivity index (χ1n) is 5.39. The highest BCUT2D eigenvalue weighted by molar-refractivity contribution is 5.54. The van der Waals surface area contributed by atoms with Gasteiger partial charge in [-0.15, -0.1) is 0 Å². The summed E-state index contributed by atoms with van der Waals surface area (Å²) in [7, 11) is 0. The van der Waals surface area contributed by atoms with Crippen LogP contribution in [0.5, 0.6) is 11.5 Å². The highest BCUT2D eigenvalue weighted by Crippen LogP contribution is 2.44. The Morgan fingerprint density at radius 3 is 2.44 bits per heavy atom. The molecule has 1 aliphatic rings. The summed E-state index contributed by atoms with van der Waals surface area (Å²) in [5.41, 5.74) is -0.441. The minimum Gasteiger partial charge on any atom is -0.489 e. The minimum absolute atomic E-state index is 0.0101. The fourth-order valence-corrected chi connectivity index (χ4v) is 1.76. The molecule has 0 aliphatic carbocycles. The molecular weight excluding hydrogens is 247 g/mol. The lowest BCUT2D eigenvalue weighted by Gasteiger charge is -2.16. The summed E-state index contributed by atoms with van der Waals surface area (Å²) in [5, 5.41) is 8.65. The summed E-state index contributed by atoms with van der Waals surface area (Å²) in [6, 6.07) is 4.09. The summed E-state index contributed by atoms with van der Waals surface area (Å²) in [6.45, 7) is 0.457. The highest BCUT2D eigenvalue weighted by Gasteiger charge is 2.37. The second kappa shape index (κ2) is 4.77. The number of benzene rings is 1. The number of alkyl halides is 3. The van der Waals surface area contributed by atoms with Gasteiger partial charge in [0.1, 0.15) is 5.56 Å². The molecule has 2 rings (SSSR count). The molecular formula is C12H10F3NO2. The van der Waals surface area contributed by atoms with E-state index in [0.717, 1.165) is 6.07 Å². The van der Waals surface area contributed by atoms with E-state index in [0.29, 0.717) is 12.0 Å². The van der Waals surface area contributed by atoms with Crippen LogP contribution in [0.3, 0.4) is 0 Å². The van der Waals surface area contributed by atoms with Crippen LogP contribution in [0.2, 0.25) is 0 Å². The van der Waals surface area contributed by atoms with E-state index in [4.69, 9.17) is 14.7 Å². The van der Waals surface area contributed by atoms with Crippen LogP contribution in [0, 0.1) is 11.3 Å². The van der Waals surface area contributed by atoms with Gasteiger partial charge in [0.25, 0.3) is 0 Å². The highest BCUT2D eigenvalue weighted by atomic mass is 19.4. The molecule has 6 heteroatoms. The van der Waals surface area contributed by atoms with Gasteiger partial charge in [-0.1, -0.05) is 6.07 Å². The Labute approximate surface area is 102 Å². The van der Waals surface area contributed by atoms with Crippen molar-refractivity contribution in [2.75, 3.05) is 13.2 Å². The van der Waals surface area contributed by atoms with Crippen molar-refractivity contribution < 1.29 is 22.6 Å². The van der Waals surface area contributed by atoms with E-state index in [1.807, 2.05) is 6.07 Å². The molecule has 0 fully saturated rings. The molecule has 18 heavy (non-hydrogen) atoms. The summed E-state index contributed by atoms with van der Waals surface area (Å²) < 4.78 is 48.9. The number of hydrogen-bond acceptors (Lipinski definition) is 3. The van der Waals surface area contributed by atoms with Gasteiger partial charge >= 0.3 is 6.18 Å². The van der Waals surface area contributed by atoms with Crippen LogP contribution in [-0.2, 0) is 12.6 Å². The number of fused-ring (bicyclic) bond motifs is 1. The van der Waals surface area contributed by atoms with Crippen molar-refractivity contribution >= 4 is 0 Å². The molecule has 0 atom stereocenters. The molecule has 0 spiro atoms. The average Bonchev–Trinajstić information content (AvgIpc) is 2.53. The van der Waals surface area contributed by atoms with Crippen molar-refractivity contribution in [2.45, 2.75) is 19.0 Å². The first-order valence-corrected chi connectivity index (χ1v) is 5.39. The number of ether oxygens (including phenoxy) is 2. The topological polar surface area (TPSA) is 42.2 Å². The zero-order chi connectivity index (χ0) is 13.2. The number of nitrogens with zero attached hydrogens (tertiary/aromatic N) is 1. The molecule has 0 radical (unpaired) electrons. The molecule has 0 saturated heterocycles. The maximum Gasteiger partial charge on any atom is 0.420 e. The van der Waals surface area contributed by atoms with Gasteiger partial charge < -0.3 is 9.47 Å². The van der Waals surface area contributed by atoms with Crippen LogP contribution in [-0.4, -0.2) is 13.2 Å². The summed E-state index contributed by atoms with van der Waals surface area (Å²) in [5.74, 6) is -0.253. The number of halogens is 3. The molecule has 1 heterocycles. The van der Waals surface area contributed by atoms with Crippen LogP contribution in [0.15, 0.2) is 12.1 Å². The van der Waals surface area contributed by atoms with Gasteiger partial charge in [-0.25, -0.2) is 0 Å². The Hall–Kier alpha value is -1.90. The Morgan fingerprint density at radius 1 is 1.17 bits per heavy atom. The quantitative estimate of drug-likeness (QED) is 0.776. The van der Waals surface area contributed by atoms with E-state index in [2.05, 4.69) is 0 Å². The molecule has 3 nitrogen and oxygen atoms in total. The van der Waals surface area contributed by atoms with E-state index in [-0.39, 0.29) is 31.1 Å². The van der Waals surface area contributed by atoms with Crippen molar-refractivity contribution in [3.05, 3.63) is 23.3 Å². The molecule has 1 aliphatic heterocycles. The predicted molar refractivity (Wildman–Crippen MR) is 56.4 cm³/mol. The first kappa shape index (κ1) is 12.6. The molecule has 96 valence electrons. The van der Waals surface area contributed by atoms with Crippen LogP contribution < -0.4 is 9.47 Å². The Balaban J connectivity index is 2.56. The lowest BCUT2D eigenvalue weighted by molar-refractivity contribution is -0.139. The lowest BCUT2D eigenvalue weighted by Crippen LogP contribution is -2.09. The van der Waals surface area contributed by atoms with Crippen LogP contribution in [0.4, 0.5) is 13.2 Å². The van der Waals surface area contributed by atoms with E-state index in [1.165, 1.54) is 6.07 Å². The van der Waals surface area contributed by atoms with Crippen LogP contribution in [0.25, 0.3) is 0 Å². The molecule has 1 aromatic rings. The second-order valence-corrected chi connectivity index (χ2v) is 3.81. The van der Waals surface area contributed by atoms with Crippen molar-refractivity contribution in [2.24, 2.45) is 0 Å². The van der Waals surface area contributed by atoms with Gasteiger partial charge in [0.2, 0.25) is 0 Å². The Bertz CT molecular complexity index is 491. The fourth-order valence-electron chi connectivity index (χ4n) is 1.76. The van der Waals surface area contributed by atoms with E-state index in [9.17, 15) is 13.2 Å². The van der Waals surface area contributed by atoms with Crippen molar-refractivity contribution in [1.29, 1.82) is 5.26 Å². The fraction of sp³-hybridized carbons (Fsp3) is 0.417. The molecule has 0 amide bonds. The van der Waals surface area contributed by atoms with Gasteiger partial charge in [-0.2, -0.15) is 18.4 Å². The van der Waals surface area contributed by atoms with Gasteiger partial charge in [-0.3, -0.25) is 0 Å². The maximum atomic E-state index is 12.8. The van der Waals surface area contributed by atoms with Gasteiger partial charge in [0.05, 0.1) is 25.7 Å². The van der Waals surface area contributed by atoms with Crippen LogP contribution in [0.1, 0.15) is 17.5 Å². The van der Waals surface area contributed by atoms with E-state index < -0.39 is 11.7 Å². The first-order chi connectivity index (χ1) is 8.54. The molecule has 0 aromatic heterocycles. The van der Waals surface area contributed by atoms with Gasteiger partial charge in [0, 0.05) is 12.0 Å². The van der Waals surface area contributed by atoms with Crippen molar-refractivity contribution in [3.63, 3.8) is 0 Å². The van der Waals surface area contributed by atoms with Crippen LogP contribution >= 0.6 is 0 Å². The normalized spacial score (nSPS) is 14.8. The SMILES string of the molecule is N#CCc1ccc(C(F)(F)F)c2c1OCCCO2. The largest absolute Gasteiger partial charge is 0.489 e. The second-order valence-electron chi connectivity index (χ2n) is 3.81. The monoisotopic (exact) mass is 257 g/mol. The zero-order valence-corrected chi connectivity index (χ0v) is 9.38. The Kier molecular flexibility index (Phi) is 3.32. The summed E-state index contributed by atoms with van der Waals surface area (Å²) >= 11 is 0. The average molecular weight is 257 g/mol. The molecule has 1 aromatic carbocycles. The lowest BCUT2D eigenvalue weighted by atomic mass is 10.1. The van der Waals surface area contributed by atoms with Crippen molar-refractivity contribution in [3.8, 4) is 17.6 Å². The van der Waals surface area contributed by atoms with Crippen molar-refractivity contribution in [1.82, 2.24) is 0 Å². The molecule has 0 saturated carbocycles. The summed E-state index contributed by atoms with van der Waals surface area (Å²) in [6.07, 6.45) is -4.00. The zero-order valence-electron chi connectivity index (χ0n) is 9.38. The standard InChI is InChI=1S/C12H10F3NO2/c13-12(14,15)9-3-2-8(4-5-16)10-11(9)18-7-1-6-17-10/h2-3H,1,4,6-7H2. The molecule has 0 N–H and O–H groups in total. The Morgan fingerprint density at radius 2 is 1.83 bits per heavy atom. The van der Waals surface area contributed by atoms with Gasteiger partial charge in [-0.05, 0) is 6.07 Å². The number of rotatable bonds is 1.